The number of fused-ring (bicyclic) bond motifs is 2. The van der Waals surface area contributed by atoms with Gasteiger partial charge in [-0.1, -0.05) is 31.9 Å². The van der Waals surface area contributed by atoms with Crippen LogP contribution in [0.4, 0.5) is 8.78 Å². The van der Waals surface area contributed by atoms with E-state index in [4.69, 9.17) is 0 Å². The molecule has 0 heterocycles. The highest BCUT2D eigenvalue weighted by Crippen LogP contribution is 2.42. The predicted octanol–water partition coefficient (Wildman–Crippen LogP) is 5.07. The molecule has 0 amide bonds. The Balaban J connectivity index is 1.69. The highest BCUT2D eigenvalue weighted by molar-refractivity contribution is 9.10. The molecule has 0 aromatic heterocycles. The second-order valence-corrected chi connectivity index (χ2v) is 8.28. The average molecular weight is 472 g/mol. The van der Waals surface area contributed by atoms with Gasteiger partial charge in [0.25, 0.3) is 0 Å². The molecule has 2 atom stereocenters. The van der Waals surface area contributed by atoms with E-state index in [1.165, 1.54) is 12.1 Å². The molecule has 2 aromatic carbocycles. The first kappa shape index (κ1) is 17.3. The van der Waals surface area contributed by atoms with Crippen LogP contribution in [0.5, 0.6) is 0 Å². The summed E-state index contributed by atoms with van der Waals surface area (Å²) in [6.07, 6.45) is 1.09. The van der Waals surface area contributed by atoms with Gasteiger partial charge in [-0.2, -0.15) is 0 Å². The van der Waals surface area contributed by atoms with E-state index in [1.54, 1.807) is 6.07 Å². The number of aliphatic hydroxyl groups excluding tert-OH is 1. The molecule has 0 bridgehead atoms. The van der Waals surface area contributed by atoms with Crippen LogP contribution in [-0.4, -0.2) is 10.9 Å². The minimum Gasteiger partial charge on any atom is -0.388 e. The summed E-state index contributed by atoms with van der Waals surface area (Å²) in [6.45, 7) is 0. The number of hydrogen-bond donors (Lipinski definition) is 1. The third kappa shape index (κ3) is 2.69. The van der Waals surface area contributed by atoms with Gasteiger partial charge in [0.1, 0.15) is 11.6 Å². The zero-order chi connectivity index (χ0) is 17.9. The third-order valence-corrected chi connectivity index (χ3v) is 6.90. The van der Waals surface area contributed by atoms with Crippen molar-refractivity contribution in [2.24, 2.45) is 5.92 Å². The van der Waals surface area contributed by atoms with Gasteiger partial charge in [0.2, 0.25) is 0 Å². The van der Waals surface area contributed by atoms with Crippen molar-refractivity contribution < 1.29 is 18.7 Å². The molecule has 0 saturated carbocycles. The summed E-state index contributed by atoms with van der Waals surface area (Å²) < 4.78 is 29.9. The number of aliphatic hydroxyl groups is 1. The van der Waals surface area contributed by atoms with Crippen LogP contribution in [0.1, 0.15) is 45.1 Å². The lowest BCUT2D eigenvalue weighted by Gasteiger charge is -2.15. The minimum absolute atomic E-state index is 0.146. The fraction of sp³-hybridized carbons (Fsp3) is 0.316. The van der Waals surface area contributed by atoms with Gasteiger partial charge in [0.05, 0.1) is 11.7 Å². The van der Waals surface area contributed by atoms with Crippen molar-refractivity contribution in [3.63, 3.8) is 0 Å². The Bertz CT molecular complexity index is 911. The van der Waals surface area contributed by atoms with Crippen LogP contribution in [0.15, 0.2) is 27.1 Å². The first-order valence-electron chi connectivity index (χ1n) is 8.07. The molecular formula is C19H14Br2F2O2. The van der Waals surface area contributed by atoms with E-state index in [9.17, 15) is 18.7 Å². The fourth-order valence-corrected chi connectivity index (χ4v) is 5.14. The molecule has 0 fully saturated rings. The number of benzene rings is 2. The quantitative estimate of drug-likeness (QED) is 0.664. The summed E-state index contributed by atoms with van der Waals surface area (Å²) in [5.41, 5.74) is 2.65. The van der Waals surface area contributed by atoms with Gasteiger partial charge in [-0.25, -0.2) is 8.78 Å². The molecule has 2 nitrogen and oxygen atoms in total. The van der Waals surface area contributed by atoms with Crippen molar-refractivity contribution >= 4 is 37.6 Å². The molecule has 1 N–H and O–H groups in total. The minimum atomic E-state index is -0.775. The molecule has 4 rings (SSSR count). The smallest absolute Gasteiger partial charge is 0.169 e. The molecular weight excluding hydrogens is 458 g/mol. The summed E-state index contributed by atoms with van der Waals surface area (Å²) in [4.78, 5) is 12.6. The molecule has 2 aliphatic rings. The Kier molecular flexibility index (Phi) is 4.33. The topological polar surface area (TPSA) is 37.3 Å². The van der Waals surface area contributed by atoms with Crippen molar-refractivity contribution in [3.8, 4) is 0 Å². The van der Waals surface area contributed by atoms with Crippen LogP contribution in [-0.2, 0) is 19.3 Å². The Labute approximate surface area is 160 Å². The largest absolute Gasteiger partial charge is 0.388 e. The zero-order valence-corrected chi connectivity index (χ0v) is 16.3. The molecule has 2 aliphatic carbocycles. The monoisotopic (exact) mass is 470 g/mol. The van der Waals surface area contributed by atoms with Crippen molar-refractivity contribution in [3.05, 3.63) is 66.6 Å². The van der Waals surface area contributed by atoms with Gasteiger partial charge in [0.15, 0.2) is 5.78 Å². The van der Waals surface area contributed by atoms with Gasteiger partial charge < -0.3 is 5.11 Å². The summed E-state index contributed by atoms with van der Waals surface area (Å²) >= 11 is 6.89. The second kappa shape index (κ2) is 6.25. The highest BCUT2D eigenvalue weighted by Gasteiger charge is 2.36. The number of ketones is 1. The van der Waals surface area contributed by atoms with Crippen LogP contribution in [0.2, 0.25) is 0 Å². The first-order chi connectivity index (χ1) is 11.9. The standard InChI is InChI=1S/C19H14Br2F2O2/c20-12-2-3-13(22)17-11(12)6-9(19(17)25)5-8-7-14(23)16-10(18(8)21)1-4-15(16)24/h2-3,7,9,15,24H,1,4-6H2/t9-,15-/m0/s1. The molecule has 0 unspecified atom stereocenters. The van der Waals surface area contributed by atoms with Gasteiger partial charge in [-0.15, -0.1) is 0 Å². The molecule has 0 radical (unpaired) electrons. The lowest BCUT2D eigenvalue weighted by molar-refractivity contribution is 0.0932. The molecule has 0 aliphatic heterocycles. The van der Waals surface area contributed by atoms with Gasteiger partial charge in [-0.3, -0.25) is 4.79 Å². The average Bonchev–Trinajstić information content (AvgIpc) is 3.11. The SMILES string of the molecule is O=C1c2c(F)ccc(Br)c2C[C@@H]1Cc1cc(F)c2c(c1Br)CC[C@@H]2O. The van der Waals surface area contributed by atoms with E-state index in [0.717, 1.165) is 14.5 Å². The van der Waals surface area contributed by atoms with Crippen molar-refractivity contribution in [1.29, 1.82) is 0 Å². The maximum Gasteiger partial charge on any atom is 0.169 e. The first-order valence-corrected chi connectivity index (χ1v) is 9.66. The third-order valence-electron chi connectivity index (χ3n) is 5.17. The molecule has 6 heteroatoms. The van der Waals surface area contributed by atoms with Gasteiger partial charge in [0, 0.05) is 20.4 Å². The molecule has 0 saturated heterocycles. The number of Topliss-reactive ketones (excluding diaryl/α,β-unsaturated/α-hetero) is 1. The van der Waals surface area contributed by atoms with Gasteiger partial charge in [-0.05, 0) is 60.6 Å². The van der Waals surface area contributed by atoms with E-state index < -0.39 is 23.7 Å². The van der Waals surface area contributed by atoms with Crippen molar-refractivity contribution in [1.82, 2.24) is 0 Å². The van der Waals surface area contributed by atoms with E-state index in [0.29, 0.717) is 42.4 Å². The van der Waals surface area contributed by atoms with Crippen LogP contribution in [0, 0.1) is 17.6 Å². The normalized spacial score (nSPS) is 21.6. The fourth-order valence-electron chi connectivity index (χ4n) is 3.96. The number of carbonyl (C=O) groups is 1. The van der Waals surface area contributed by atoms with E-state index in [-0.39, 0.29) is 11.3 Å². The number of carbonyl (C=O) groups excluding carboxylic acids is 1. The highest BCUT2D eigenvalue weighted by atomic mass is 79.9. The Hall–Kier alpha value is -1.11. The van der Waals surface area contributed by atoms with Crippen LogP contribution in [0.3, 0.4) is 0 Å². The van der Waals surface area contributed by atoms with Gasteiger partial charge >= 0.3 is 0 Å². The Morgan fingerprint density at radius 1 is 1.16 bits per heavy atom. The van der Waals surface area contributed by atoms with E-state index >= 15 is 0 Å². The second-order valence-electron chi connectivity index (χ2n) is 6.63. The Morgan fingerprint density at radius 3 is 2.64 bits per heavy atom. The predicted molar refractivity (Wildman–Crippen MR) is 96.7 cm³/mol. The Morgan fingerprint density at radius 2 is 1.92 bits per heavy atom. The van der Waals surface area contributed by atoms with E-state index in [1.807, 2.05) is 0 Å². The lowest BCUT2D eigenvalue weighted by atomic mass is 9.93. The number of halogens is 4. The molecule has 2 aromatic rings. The maximum absolute atomic E-state index is 14.4. The number of rotatable bonds is 2. The van der Waals surface area contributed by atoms with Crippen LogP contribution >= 0.6 is 31.9 Å². The molecule has 25 heavy (non-hydrogen) atoms. The lowest BCUT2D eigenvalue weighted by Crippen LogP contribution is -2.14. The van der Waals surface area contributed by atoms with E-state index in [2.05, 4.69) is 31.9 Å². The summed E-state index contributed by atoms with van der Waals surface area (Å²) in [7, 11) is 0. The zero-order valence-electron chi connectivity index (χ0n) is 13.1. The van der Waals surface area contributed by atoms with Crippen molar-refractivity contribution in [2.45, 2.75) is 31.8 Å². The summed E-state index contributed by atoms with van der Waals surface area (Å²) in [5, 5.41) is 9.92. The van der Waals surface area contributed by atoms with Crippen molar-refractivity contribution in [2.75, 3.05) is 0 Å². The van der Waals surface area contributed by atoms with Crippen LogP contribution < -0.4 is 0 Å². The summed E-state index contributed by atoms with van der Waals surface area (Å²) in [5.74, 6) is -1.59. The summed E-state index contributed by atoms with van der Waals surface area (Å²) in [6, 6.07) is 4.28. The molecule has 130 valence electrons. The maximum atomic E-state index is 14.4. The number of hydrogen-bond acceptors (Lipinski definition) is 2. The molecule has 0 spiro atoms. The van der Waals surface area contributed by atoms with Crippen LogP contribution in [0.25, 0.3) is 0 Å².